The fourth-order valence-corrected chi connectivity index (χ4v) is 2.87. The van der Waals surface area contributed by atoms with Crippen molar-refractivity contribution in [3.05, 3.63) is 35.2 Å². The van der Waals surface area contributed by atoms with Gasteiger partial charge in [0.05, 0.1) is 11.8 Å². The van der Waals surface area contributed by atoms with Crippen LogP contribution in [0.1, 0.15) is 31.1 Å². The van der Waals surface area contributed by atoms with Gasteiger partial charge in [0.1, 0.15) is 0 Å². The lowest BCUT2D eigenvalue weighted by molar-refractivity contribution is -0.142. The van der Waals surface area contributed by atoms with Gasteiger partial charge >= 0.3 is 5.97 Å². The van der Waals surface area contributed by atoms with Crippen LogP contribution in [0.2, 0.25) is 5.02 Å². The summed E-state index contributed by atoms with van der Waals surface area (Å²) in [5, 5.41) is 13.7. The summed E-state index contributed by atoms with van der Waals surface area (Å²) in [4.78, 5) is 15.5. The van der Waals surface area contributed by atoms with Gasteiger partial charge in [0.2, 0.25) is 11.7 Å². The summed E-state index contributed by atoms with van der Waals surface area (Å²) in [5.41, 5.74) is 0.761. The zero-order valence-electron chi connectivity index (χ0n) is 10.6. The van der Waals surface area contributed by atoms with E-state index in [4.69, 9.17) is 16.1 Å². The lowest BCUT2D eigenvalue weighted by Gasteiger charge is -2.09. The van der Waals surface area contributed by atoms with Gasteiger partial charge in [0, 0.05) is 10.6 Å². The van der Waals surface area contributed by atoms with Gasteiger partial charge < -0.3 is 9.63 Å². The molecular formula is C14H13ClN2O3. The predicted molar refractivity (Wildman–Crippen MR) is 72.5 cm³/mol. The quantitative estimate of drug-likeness (QED) is 0.938. The molecule has 0 aliphatic heterocycles. The van der Waals surface area contributed by atoms with E-state index in [0.29, 0.717) is 23.2 Å². The summed E-state index contributed by atoms with van der Waals surface area (Å²) in [6.45, 7) is 0. The van der Waals surface area contributed by atoms with Crippen molar-refractivity contribution in [2.45, 2.75) is 25.2 Å². The van der Waals surface area contributed by atoms with Crippen LogP contribution in [0.5, 0.6) is 0 Å². The van der Waals surface area contributed by atoms with Crippen molar-refractivity contribution in [2.75, 3.05) is 0 Å². The maximum Gasteiger partial charge on any atom is 0.307 e. The monoisotopic (exact) mass is 292 g/mol. The molecule has 1 fully saturated rings. The lowest BCUT2D eigenvalue weighted by Crippen LogP contribution is -2.17. The Balaban J connectivity index is 1.89. The van der Waals surface area contributed by atoms with Gasteiger partial charge in [-0.1, -0.05) is 35.3 Å². The highest BCUT2D eigenvalue weighted by Crippen LogP contribution is 2.39. The summed E-state index contributed by atoms with van der Waals surface area (Å²) in [5.74, 6) is -0.561. The van der Waals surface area contributed by atoms with E-state index < -0.39 is 11.9 Å². The smallest absolute Gasteiger partial charge is 0.307 e. The van der Waals surface area contributed by atoms with Gasteiger partial charge in [-0.25, -0.2) is 0 Å². The van der Waals surface area contributed by atoms with Gasteiger partial charge in [-0.15, -0.1) is 0 Å². The third-order valence-electron chi connectivity index (χ3n) is 3.67. The second kappa shape index (κ2) is 5.25. The molecule has 5 nitrogen and oxygen atoms in total. The number of carbonyl (C=O) groups is 1. The van der Waals surface area contributed by atoms with E-state index >= 15 is 0 Å². The highest BCUT2D eigenvalue weighted by molar-refractivity contribution is 6.30. The standard InChI is InChI=1S/C14H13ClN2O3/c15-9-4-1-3-8(7-9)12-16-13(20-17-12)10-5-2-6-11(10)14(18)19/h1,3-4,7,10-11H,2,5-6H2,(H,18,19). The maximum absolute atomic E-state index is 11.2. The molecule has 1 heterocycles. The van der Waals surface area contributed by atoms with Crippen LogP contribution in [-0.4, -0.2) is 21.2 Å². The van der Waals surface area contributed by atoms with Crippen LogP contribution in [0, 0.1) is 5.92 Å². The Morgan fingerprint density at radius 3 is 3.00 bits per heavy atom. The SMILES string of the molecule is O=C(O)C1CCCC1c1nc(-c2cccc(Cl)c2)no1. The minimum absolute atomic E-state index is 0.187. The predicted octanol–water partition coefficient (Wildman–Crippen LogP) is 3.36. The Bertz CT molecular complexity index is 641. The molecule has 0 radical (unpaired) electrons. The lowest BCUT2D eigenvalue weighted by atomic mass is 9.96. The molecule has 1 saturated carbocycles. The molecule has 3 rings (SSSR count). The normalized spacial score (nSPS) is 22.1. The van der Waals surface area contributed by atoms with Crippen molar-refractivity contribution in [1.29, 1.82) is 0 Å². The number of nitrogens with zero attached hydrogens (tertiary/aromatic N) is 2. The van der Waals surface area contributed by atoms with E-state index in [-0.39, 0.29) is 5.92 Å². The summed E-state index contributed by atoms with van der Waals surface area (Å²) >= 11 is 5.93. The Morgan fingerprint density at radius 2 is 2.25 bits per heavy atom. The fraction of sp³-hybridized carbons (Fsp3) is 0.357. The molecule has 1 aliphatic carbocycles. The molecule has 1 aromatic carbocycles. The molecule has 0 spiro atoms. The molecule has 20 heavy (non-hydrogen) atoms. The average molecular weight is 293 g/mol. The Morgan fingerprint density at radius 1 is 1.40 bits per heavy atom. The van der Waals surface area contributed by atoms with E-state index in [0.717, 1.165) is 18.4 Å². The molecule has 1 aromatic heterocycles. The van der Waals surface area contributed by atoms with Crippen LogP contribution in [0.25, 0.3) is 11.4 Å². The Kier molecular flexibility index (Phi) is 3.44. The van der Waals surface area contributed by atoms with Crippen molar-refractivity contribution in [2.24, 2.45) is 5.92 Å². The Labute approximate surface area is 120 Å². The number of hydrogen-bond acceptors (Lipinski definition) is 4. The van der Waals surface area contributed by atoms with Crippen LogP contribution in [0.4, 0.5) is 0 Å². The zero-order chi connectivity index (χ0) is 14.1. The molecule has 2 unspecified atom stereocenters. The first kappa shape index (κ1) is 13.1. The van der Waals surface area contributed by atoms with Gasteiger partial charge in [-0.2, -0.15) is 4.98 Å². The summed E-state index contributed by atoms with van der Waals surface area (Å²) in [7, 11) is 0. The number of halogens is 1. The van der Waals surface area contributed by atoms with E-state index in [1.54, 1.807) is 12.1 Å². The van der Waals surface area contributed by atoms with Gasteiger partial charge in [0.25, 0.3) is 0 Å². The van der Waals surface area contributed by atoms with Crippen LogP contribution >= 0.6 is 11.6 Å². The zero-order valence-corrected chi connectivity index (χ0v) is 11.4. The van der Waals surface area contributed by atoms with E-state index in [9.17, 15) is 9.90 Å². The highest BCUT2D eigenvalue weighted by Gasteiger charge is 2.37. The number of aliphatic carboxylic acids is 1. The maximum atomic E-state index is 11.2. The topological polar surface area (TPSA) is 76.2 Å². The number of benzene rings is 1. The van der Waals surface area contributed by atoms with Gasteiger partial charge in [-0.3, -0.25) is 4.79 Å². The van der Waals surface area contributed by atoms with Crippen molar-refractivity contribution in [3.63, 3.8) is 0 Å². The molecule has 0 bridgehead atoms. The summed E-state index contributed by atoms with van der Waals surface area (Å²) < 4.78 is 5.26. The number of rotatable bonds is 3. The third-order valence-corrected chi connectivity index (χ3v) is 3.91. The van der Waals surface area contributed by atoms with Crippen molar-refractivity contribution in [3.8, 4) is 11.4 Å². The molecule has 1 N–H and O–H groups in total. The first-order chi connectivity index (χ1) is 9.65. The molecule has 2 aromatic rings. The second-order valence-corrected chi connectivity index (χ2v) is 5.39. The van der Waals surface area contributed by atoms with Crippen LogP contribution in [0.3, 0.4) is 0 Å². The molecule has 104 valence electrons. The third kappa shape index (κ3) is 2.41. The fourth-order valence-electron chi connectivity index (χ4n) is 2.68. The molecule has 1 aliphatic rings. The van der Waals surface area contributed by atoms with Crippen LogP contribution in [0.15, 0.2) is 28.8 Å². The van der Waals surface area contributed by atoms with E-state index in [1.807, 2.05) is 12.1 Å². The number of aromatic nitrogens is 2. The summed E-state index contributed by atoms with van der Waals surface area (Å²) in [6, 6.07) is 7.16. The van der Waals surface area contributed by atoms with Crippen molar-refractivity contribution >= 4 is 17.6 Å². The number of hydrogen-bond donors (Lipinski definition) is 1. The molecule has 0 saturated heterocycles. The van der Waals surface area contributed by atoms with Gasteiger partial charge in [-0.05, 0) is 25.0 Å². The number of carboxylic acid groups (broad SMARTS) is 1. The first-order valence-corrected chi connectivity index (χ1v) is 6.85. The Hall–Kier alpha value is -1.88. The molecular weight excluding hydrogens is 280 g/mol. The van der Waals surface area contributed by atoms with E-state index in [1.165, 1.54) is 0 Å². The van der Waals surface area contributed by atoms with Crippen LogP contribution in [-0.2, 0) is 4.79 Å². The van der Waals surface area contributed by atoms with Crippen molar-refractivity contribution in [1.82, 2.24) is 10.1 Å². The minimum Gasteiger partial charge on any atom is -0.481 e. The number of carboxylic acids is 1. The largest absolute Gasteiger partial charge is 0.481 e. The average Bonchev–Trinajstić information content (AvgIpc) is 3.07. The van der Waals surface area contributed by atoms with Crippen molar-refractivity contribution < 1.29 is 14.4 Å². The van der Waals surface area contributed by atoms with E-state index in [2.05, 4.69) is 10.1 Å². The molecule has 0 amide bonds. The first-order valence-electron chi connectivity index (χ1n) is 6.47. The van der Waals surface area contributed by atoms with Gasteiger partial charge in [0.15, 0.2) is 0 Å². The highest BCUT2D eigenvalue weighted by atomic mass is 35.5. The molecule has 2 atom stereocenters. The minimum atomic E-state index is -0.796. The molecule has 6 heteroatoms. The summed E-state index contributed by atoms with van der Waals surface area (Å²) in [6.07, 6.45) is 2.31. The second-order valence-electron chi connectivity index (χ2n) is 4.95. The van der Waals surface area contributed by atoms with Crippen LogP contribution < -0.4 is 0 Å².